The van der Waals surface area contributed by atoms with Crippen molar-refractivity contribution < 1.29 is 9.59 Å². The average molecular weight is 373 g/mol. The number of rotatable bonds is 8. The fourth-order valence-corrected chi connectivity index (χ4v) is 3.68. The molecule has 2 aromatic rings. The number of hydrogen-bond acceptors (Lipinski definition) is 6. The second-order valence-corrected chi connectivity index (χ2v) is 7.25. The maximum atomic E-state index is 12.1. The van der Waals surface area contributed by atoms with Crippen LogP contribution in [0.15, 0.2) is 30.3 Å². The number of nitrogens with one attached hydrogen (secondary N) is 1. The molecule has 1 fully saturated rings. The monoisotopic (exact) mass is 373 g/mol. The van der Waals surface area contributed by atoms with Crippen molar-refractivity contribution in [3.8, 4) is 0 Å². The third-order valence-corrected chi connectivity index (χ3v) is 5.28. The number of anilines is 2. The Bertz CT molecular complexity index is 749. The van der Waals surface area contributed by atoms with Gasteiger partial charge >= 0.3 is 0 Å². The van der Waals surface area contributed by atoms with Crippen molar-refractivity contribution in [1.29, 1.82) is 0 Å². The molecule has 1 aliphatic rings. The smallest absolute Gasteiger partial charge is 0.239 e. The molecule has 0 spiro atoms. The Hall–Kier alpha value is -2.48. The minimum absolute atomic E-state index is 0.0467. The molecule has 0 unspecified atom stereocenters. The molecule has 1 aromatic heterocycles. The van der Waals surface area contributed by atoms with E-state index in [0.29, 0.717) is 29.8 Å². The van der Waals surface area contributed by atoms with Crippen LogP contribution in [0.5, 0.6) is 0 Å². The van der Waals surface area contributed by atoms with Gasteiger partial charge in [-0.05, 0) is 24.8 Å². The SMILES string of the molecule is CN(CC(=O)NCCCc1ccccc1)c1nnc(N2CCCC2=O)s1. The van der Waals surface area contributed by atoms with E-state index in [2.05, 4.69) is 27.6 Å². The van der Waals surface area contributed by atoms with Gasteiger partial charge in [-0.3, -0.25) is 14.5 Å². The summed E-state index contributed by atoms with van der Waals surface area (Å²) in [5, 5.41) is 12.4. The molecule has 2 amide bonds. The maximum Gasteiger partial charge on any atom is 0.239 e. The van der Waals surface area contributed by atoms with Crippen molar-refractivity contribution in [2.24, 2.45) is 0 Å². The largest absolute Gasteiger partial charge is 0.355 e. The van der Waals surface area contributed by atoms with E-state index in [1.54, 1.807) is 16.8 Å². The minimum Gasteiger partial charge on any atom is -0.355 e. The van der Waals surface area contributed by atoms with Gasteiger partial charge in [0.2, 0.25) is 22.1 Å². The van der Waals surface area contributed by atoms with E-state index in [0.717, 1.165) is 19.3 Å². The number of hydrogen-bond donors (Lipinski definition) is 1. The third-order valence-electron chi connectivity index (χ3n) is 4.22. The van der Waals surface area contributed by atoms with Gasteiger partial charge < -0.3 is 10.2 Å². The number of amides is 2. The zero-order valence-electron chi connectivity index (χ0n) is 14.9. The lowest BCUT2D eigenvalue weighted by Crippen LogP contribution is -2.35. The van der Waals surface area contributed by atoms with Crippen LogP contribution in [0.4, 0.5) is 10.3 Å². The van der Waals surface area contributed by atoms with Gasteiger partial charge in [-0.1, -0.05) is 41.7 Å². The lowest BCUT2D eigenvalue weighted by molar-refractivity contribution is -0.119. The molecule has 1 saturated heterocycles. The Morgan fingerprint density at radius 2 is 2.12 bits per heavy atom. The highest BCUT2D eigenvalue weighted by Gasteiger charge is 2.25. The Labute approximate surface area is 157 Å². The topological polar surface area (TPSA) is 78.4 Å². The van der Waals surface area contributed by atoms with Crippen molar-refractivity contribution in [2.75, 3.05) is 36.5 Å². The first-order chi connectivity index (χ1) is 12.6. The fraction of sp³-hybridized carbons (Fsp3) is 0.444. The molecular formula is C18H23N5O2S. The minimum atomic E-state index is -0.0467. The summed E-state index contributed by atoms with van der Waals surface area (Å²) in [5.41, 5.74) is 1.27. The quantitative estimate of drug-likeness (QED) is 0.715. The molecule has 8 heteroatoms. The van der Waals surface area contributed by atoms with Crippen molar-refractivity contribution in [2.45, 2.75) is 25.7 Å². The van der Waals surface area contributed by atoms with Gasteiger partial charge in [0, 0.05) is 26.6 Å². The second kappa shape index (κ2) is 8.75. The van der Waals surface area contributed by atoms with Crippen molar-refractivity contribution in [3.05, 3.63) is 35.9 Å². The number of aryl methyl sites for hydroxylation is 1. The van der Waals surface area contributed by atoms with Gasteiger partial charge in [0.05, 0.1) is 6.54 Å². The van der Waals surface area contributed by atoms with E-state index >= 15 is 0 Å². The summed E-state index contributed by atoms with van der Waals surface area (Å²) in [7, 11) is 1.81. The van der Waals surface area contributed by atoms with Crippen LogP contribution in [-0.4, -0.2) is 48.7 Å². The van der Waals surface area contributed by atoms with E-state index in [4.69, 9.17) is 0 Å². The van der Waals surface area contributed by atoms with E-state index in [9.17, 15) is 9.59 Å². The predicted octanol–water partition coefficient (Wildman–Crippen LogP) is 1.85. The summed E-state index contributed by atoms with van der Waals surface area (Å²) in [4.78, 5) is 27.3. The first-order valence-corrected chi connectivity index (χ1v) is 9.61. The Morgan fingerprint density at radius 1 is 1.31 bits per heavy atom. The molecule has 1 aromatic carbocycles. The van der Waals surface area contributed by atoms with Crippen molar-refractivity contribution >= 4 is 33.4 Å². The Kier molecular flexibility index (Phi) is 6.17. The summed E-state index contributed by atoms with van der Waals surface area (Å²) in [5.74, 6) is 0.0427. The molecule has 0 bridgehead atoms. The van der Waals surface area contributed by atoms with Gasteiger partial charge in [-0.15, -0.1) is 10.2 Å². The lowest BCUT2D eigenvalue weighted by Gasteiger charge is -2.15. The van der Waals surface area contributed by atoms with Crippen LogP contribution in [0.25, 0.3) is 0 Å². The van der Waals surface area contributed by atoms with E-state index < -0.39 is 0 Å². The highest BCUT2D eigenvalue weighted by molar-refractivity contribution is 7.19. The van der Waals surface area contributed by atoms with Crippen LogP contribution in [0.1, 0.15) is 24.8 Å². The van der Waals surface area contributed by atoms with Crippen LogP contribution in [-0.2, 0) is 16.0 Å². The molecule has 26 heavy (non-hydrogen) atoms. The summed E-state index contributed by atoms with van der Waals surface area (Å²) in [6.45, 7) is 1.55. The molecule has 0 radical (unpaired) electrons. The first kappa shape index (κ1) is 18.3. The molecule has 1 aliphatic heterocycles. The molecule has 3 rings (SSSR count). The molecule has 2 heterocycles. The molecular weight excluding hydrogens is 350 g/mol. The van der Waals surface area contributed by atoms with Crippen LogP contribution in [0, 0.1) is 0 Å². The summed E-state index contributed by atoms with van der Waals surface area (Å²) in [6, 6.07) is 10.2. The predicted molar refractivity (Wildman–Crippen MR) is 103 cm³/mol. The zero-order chi connectivity index (χ0) is 18.4. The van der Waals surface area contributed by atoms with Crippen LogP contribution >= 0.6 is 11.3 Å². The van der Waals surface area contributed by atoms with Crippen LogP contribution in [0.3, 0.4) is 0 Å². The summed E-state index contributed by atoms with van der Waals surface area (Å²) >= 11 is 1.34. The lowest BCUT2D eigenvalue weighted by atomic mass is 10.1. The van der Waals surface area contributed by atoms with Crippen molar-refractivity contribution in [3.63, 3.8) is 0 Å². The summed E-state index contributed by atoms with van der Waals surface area (Å²) in [6.07, 6.45) is 3.27. The average Bonchev–Trinajstić information content (AvgIpc) is 3.28. The molecule has 7 nitrogen and oxygen atoms in total. The number of benzene rings is 1. The fourth-order valence-electron chi connectivity index (χ4n) is 2.83. The van der Waals surface area contributed by atoms with Crippen molar-refractivity contribution in [1.82, 2.24) is 15.5 Å². The zero-order valence-corrected chi connectivity index (χ0v) is 15.7. The highest BCUT2D eigenvalue weighted by Crippen LogP contribution is 2.29. The first-order valence-electron chi connectivity index (χ1n) is 8.79. The third kappa shape index (κ3) is 4.78. The number of carbonyl (C=O) groups is 2. The van der Waals surface area contributed by atoms with Gasteiger partial charge in [-0.25, -0.2) is 0 Å². The molecule has 0 atom stereocenters. The van der Waals surface area contributed by atoms with E-state index in [1.807, 2.05) is 18.2 Å². The molecule has 0 aliphatic carbocycles. The van der Waals surface area contributed by atoms with E-state index in [1.165, 1.54) is 16.9 Å². The normalized spacial score (nSPS) is 13.9. The van der Waals surface area contributed by atoms with Gasteiger partial charge in [0.1, 0.15) is 0 Å². The standard InChI is InChI=1S/C18H23N5O2S/c1-22(17-20-21-18(26-17)23-12-6-10-16(23)25)13-15(24)19-11-5-9-14-7-3-2-4-8-14/h2-4,7-8H,5-6,9-13H2,1H3,(H,19,24). The molecule has 138 valence electrons. The van der Waals surface area contributed by atoms with Gasteiger partial charge in [-0.2, -0.15) is 0 Å². The second-order valence-electron chi connectivity index (χ2n) is 6.31. The Morgan fingerprint density at radius 3 is 2.85 bits per heavy atom. The number of aromatic nitrogens is 2. The van der Waals surface area contributed by atoms with Gasteiger partial charge in [0.15, 0.2) is 0 Å². The number of likely N-dealkylation sites (N-methyl/N-ethyl adjacent to an activating group) is 1. The molecule has 1 N–H and O–H groups in total. The van der Waals surface area contributed by atoms with Crippen LogP contribution in [0.2, 0.25) is 0 Å². The maximum absolute atomic E-state index is 12.1. The van der Waals surface area contributed by atoms with Gasteiger partial charge in [0.25, 0.3) is 0 Å². The number of nitrogens with zero attached hydrogens (tertiary/aromatic N) is 4. The summed E-state index contributed by atoms with van der Waals surface area (Å²) < 4.78 is 0. The van der Waals surface area contributed by atoms with E-state index in [-0.39, 0.29) is 18.4 Å². The highest BCUT2D eigenvalue weighted by atomic mass is 32.1. The number of carbonyl (C=O) groups excluding carboxylic acids is 2. The Balaban J connectivity index is 1.41. The van der Waals surface area contributed by atoms with Crippen LogP contribution < -0.4 is 15.1 Å². The molecule has 0 saturated carbocycles.